The Bertz CT molecular complexity index is 1100. The van der Waals surface area contributed by atoms with Crippen molar-refractivity contribution in [1.82, 2.24) is 20.9 Å². The number of benzene rings is 1. The number of aromatic nitrogens is 1. The number of aromatic amines is 1. The minimum absolute atomic E-state index is 0.112. The highest BCUT2D eigenvalue weighted by Crippen LogP contribution is 2.18. The zero-order valence-electron chi connectivity index (χ0n) is 20.5. The number of carboxylic acids is 1. The van der Waals surface area contributed by atoms with Crippen molar-refractivity contribution in [3.8, 4) is 0 Å². The van der Waals surface area contributed by atoms with Gasteiger partial charge in [0.05, 0.1) is 6.04 Å². The van der Waals surface area contributed by atoms with Crippen LogP contribution in [0.4, 0.5) is 0 Å². The van der Waals surface area contributed by atoms with Crippen molar-refractivity contribution in [3.63, 3.8) is 0 Å². The molecule has 0 aliphatic heterocycles. The zero-order valence-corrected chi connectivity index (χ0v) is 20.5. The van der Waals surface area contributed by atoms with E-state index < -0.39 is 54.3 Å². The van der Waals surface area contributed by atoms with Gasteiger partial charge in [-0.3, -0.25) is 24.0 Å². The monoisotopic (exact) mass is 517 g/mol. The molecule has 202 valence electrons. The van der Waals surface area contributed by atoms with Crippen LogP contribution in [0, 0.1) is 0 Å². The third kappa shape index (κ3) is 9.54. The summed E-state index contributed by atoms with van der Waals surface area (Å²) in [7, 11) is 0. The fraction of sp³-hybridized carbons (Fsp3) is 0.458. The average molecular weight is 518 g/mol. The van der Waals surface area contributed by atoms with Crippen molar-refractivity contribution in [3.05, 3.63) is 36.0 Å². The Hall–Kier alpha value is -3.97. The van der Waals surface area contributed by atoms with Crippen molar-refractivity contribution < 1.29 is 29.1 Å². The second kappa shape index (κ2) is 14.6. The number of carbonyl (C=O) groups excluding carboxylic acids is 4. The fourth-order valence-electron chi connectivity index (χ4n) is 3.78. The number of hydrogen-bond donors (Lipinski definition) is 8. The van der Waals surface area contributed by atoms with E-state index in [1.54, 1.807) is 6.20 Å². The highest BCUT2D eigenvalue weighted by Gasteiger charge is 2.28. The van der Waals surface area contributed by atoms with Gasteiger partial charge in [0.2, 0.25) is 23.6 Å². The molecule has 2 aromatic rings. The molecule has 1 heterocycles. The number of nitrogens with two attached hydrogens (primary N) is 3. The van der Waals surface area contributed by atoms with Gasteiger partial charge in [-0.1, -0.05) is 18.2 Å². The third-order valence-corrected chi connectivity index (χ3v) is 5.76. The minimum Gasteiger partial charge on any atom is -0.480 e. The molecule has 1 aromatic heterocycles. The van der Waals surface area contributed by atoms with E-state index in [1.807, 2.05) is 24.3 Å². The number of fused-ring (bicyclic) bond motifs is 1. The molecular weight excluding hydrogens is 482 g/mol. The molecule has 13 heteroatoms. The van der Waals surface area contributed by atoms with Crippen LogP contribution in [-0.4, -0.2) is 70.9 Å². The lowest BCUT2D eigenvalue weighted by Gasteiger charge is -2.24. The van der Waals surface area contributed by atoms with E-state index in [-0.39, 0.29) is 25.7 Å². The molecule has 0 saturated carbocycles. The zero-order chi connectivity index (χ0) is 27.4. The van der Waals surface area contributed by atoms with Gasteiger partial charge >= 0.3 is 5.97 Å². The quantitative estimate of drug-likeness (QED) is 0.123. The van der Waals surface area contributed by atoms with Gasteiger partial charge in [-0.15, -0.1) is 0 Å². The van der Waals surface area contributed by atoms with Crippen LogP contribution in [0.1, 0.15) is 37.7 Å². The van der Waals surface area contributed by atoms with Crippen molar-refractivity contribution in [2.24, 2.45) is 17.2 Å². The van der Waals surface area contributed by atoms with Gasteiger partial charge in [0, 0.05) is 23.5 Å². The van der Waals surface area contributed by atoms with Gasteiger partial charge in [-0.2, -0.15) is 0 Å². The molecule has 0 radical (unpaired) electrons. The highest BCUT2D eigenvalue weighted by atomic mass is 16.4. The number of primary amides is 1. The van der Waals surface area contributed by atoms with Gasteiger partial charge < -0.3 is 43.2 Å². The maximum absolute atomic E-state index is 13.0. The van der Waals surface area contributed by atoms with E-state index in [0.717, 1.165) is 16.5 Å². The standard InChI is InChI=1S/C24H35N7O6/c25-10-4-3-7-18(23(36)29-13-21(33)34)31-24(37)19(8-9-20(27)32)30-22(35)16(26)11-14-12-28-17-6-2-1-5-15(14)17/h1-2,5-6,12,16,18-19,28H,3-4,7-11,13,25-26H2,(H2,27,32)(H,29,36)(H,30,35)(H,31,37)(H,33,34). The number of para-hydroxylation sites is 1. The Labute approximate surface area is 213 Å². The first-order valence-corrected chi connectivity index (χ1v) is 12.0. The predicted molar refractivity (Wildman–Crippen MR) is 136 cm³/mol. The summed E-state index contributed by atoms with van der Waals surface area (Å²) in [6.07, 6.45) is 2.93. The van der Waals surface area contributed by atoms with Crippen LogP contribution in [-0.2, 0) is 30.4 Å². The van der Waals surface area contributed by atoms with E-state index in [1.165, 1.54) is 0 Å². The summed E-state index contributed by atoms with van der Waals surface area (Å²) in [5, 5.41) is 17.1. The molecule has 1 aromatic carbocycles. The molecule has 3 atom stereocenters. The maximum atomic E-state index is 13.0. The van der Waals surface area contributed by atoms with Crippen molar-refractivity contribution in [2.75, 3.05) is 13.1 Å². The summed E-state index contributed by atoms with van der Waals surface area (Å²) in [5.41, 5.74) is 18.6. The van der Waals surface area contributed by atoms with Gasteiger partial charge in [0.15, 0.2) is 0 Å². The number of unbranched alkanes of at least 4 members (excludes halogenated alkanes) is 1. The second-order valence-corrected chi connectivity index (χ2v) is 8.69. The first kappa shape index (κ1) is 29.3. The third-order valence-electron chi connectivity index (χ3n) is 5.76. The van der Waals surface area contributed by atoms with E-state index in [0.29, 0.717) is 19.4 Å². The smallest absolute Gasteiger partial charge is 0.322 e. The predicted octanol–water partition coefficient (Wildman–Crippen LogP) is -1.40. The normalized spacial score (nSPS) is 13.4. The second-order valence-electron chi connectivity index (χ2n) is 8.69. The van der Waals surface area contributed by atoms with Crippen molar-refractivity contribution in [2.45, 2.75) is 56.7 Å². The Morgan fingerprint density at radius 1 is 0.946 bits per heavy atom. The van der Waals surface area contributed by atoms with E-state index in [4.69, 9.17) is 22.3 Å². The Balaban J connectivity index is 2.10. The van der Waals surface area contributed by atoms with Crippen LogP contribution in [0.15, 0.2) is 30.5 Å². The van der Waals surface area contributed by atoms with Gasteiger partial charge in [0.25, 0.3) is 0 Å². The molecule has 3 unspecified atom stereocenters. The first-order chi connectivity index (χ1) is 17.6. The molecule has 0 spiro atoms. The summed E-state index contributed by atoms with van der Waals surface area (Å²) in [5.74, 6) is -3.95. The van der Waals surface area contributed by atoms with Crippen molar-refractivity contribution >= 4 is 40.5 Å². The molecule has 13 nitrogen and oxygen atoms in total. The largest absolute Gasteiger partial charge is 0.480 e. The number of amides is 4. The topological polar surface area (TPSA) is 236 Å². The molecule has 0 aliphatic rings. The molecule has 0 bridgehead atoms. The van der Waals surface area contributed by atoms with Crippen LogP contribution in [0.5, 0.6) is 0 Å². The number of aliphatic carboxylic acids is 1. The summed E-state index contributed by atoms with van der Waals surface area (Å²) >= 11 is 0. The lowest BCUT2D eigenvalue weighted by molar-refractivity contribution is -0.138. The van der Waals surface area contributed by atoms with Crippen LogP contribution in [0.2, 0.25) is 0 Å². The fourth-order valence-corrected chi connectivity index (χ4v) is 3.78. The first-order valence-electron chi connectivity index (χ1n) is 12.0. The molecule has 37 heavy (non-hydrogen) atoms. The average Bonchev–Trinajstić information content (AvgIpc) is 3.26. The molecule has 0 saturated heterocycles. The maximum Gasteiger partial charge on any atom is 0.322 e. The van der Waals surface area contributed by atoms with E-state index in [2.05, 4.69) is 20.9 Å². The number of H-pyrrole nitrogens is 1. The Morgan fingerprint density at radius 2 is 1.62 bits per heavy atom. The number of carboxylic acid groups (broad SMARTS) is 1. The summed E-state index contributed by atoms with van der Waals surface area (Å²) in [4.78, 5) is 63.7. The summed E-state index contributed by atoms with van der Waals surface area (Å²) in [6, 6.07) is 4.28. The number of carbonyl (C=O) groups is 5. The van der Waals surface area contributed by atoms with Crippen LogP contribution < -0.4 is 33.2 Å². The van der Waals surface area contributed by atoms with E-state index in [9.17, 15) is 24.0 Å². The molecular formula is C24H35N7O6. The van der Waals surface area contributed by atoms with Gasteiger partial charge in [0.1, 0.15) is 18.6 Å². The Morgan fingerprint density at radius 3 is 2.30 bits per heavy atom. The lowest BCUT2D eigenvalue weighted by Crippen LogP contribution is -2.56. The highest BCUT2D eigenvalue weighted by molar-refractivity contribution is 5.94. The molecule has 2 rings (SSSR count). The van der Waals surface area contributed by atoms with E-state index >= 15 is 0 Å². The summed E-state index contributed by atoms with van der Waals surface area (Å²) < 4.78 is 0. The van der Waals surface area contributed by atoms with Crippen LogP contribution in [0.25, 0.3) is 10.9 Å². The summed E-state index contributed by atoms with van der Waals surface area (Å²) in [6.45, 7) is -0.240. The molecule has 0 aliphatic carbocycles. The van der Waals surface area contributed by atoms with Crippen LogP contribution >= 0.6 is 0 Å². The van der Waals surface area contributed by atoms with Gasteiger partial charge in [-0.05, 0) is 50.3 Å². The molecule has 11 N–H and O–H groups in total. The lowest BCUT2D eigenvalue weighted by atomic mass is 10.0. The van der Waals surface area contributed by atoms with Crippen LogP contribution in [0.3, 0.4) is 0 Å². The number of nitrogens with one attached hydrogen (secondary N) is 4. The Kier molecular flexibility index (Phi) is 11.5. The van der Waals surface area contributed by atoms with Gasteiger partial charge in [-0.25, -0.2) is 0 Å². The molecule has 4 amide bonds. The molecule has 0 fully saturated rings. The SMILES string of the molecule is NCCCCC(NC(=O)C(CCC(N)=O)NC(=O)C(N)Cc1c[nH]c2ccccc12)C(=O)NCC(=O)O. The number of rotatable bonds is 16. The number of hydrogen-bond acceptors (Lipinski definition) is 7. The minimum atomic E-state index is -1.24. The van der Waals surface area contributed by atoms with Crippen molar-refractivity contribution in [1.29, 1.82) is 0 Å².